The van der Waals surface area contributed by atoms with Crippen molar-refractivity contribution in [2.45, 2.75) is 45.4 Å². The van der Waals surface area contributed by atoms with Crippen LogP contribution in [0.2, 0.25) is 0 Å². The first-order valence-corrected chi connectivity index (χ1v) is 21.2. The van der Waals surface area contributed by atoms with E-state index in [1.807, 2.05) is 0 Å². The van der Waals surface area contributed by atoms with Crippen molar-refractivity contribution in [1.29, 1.82) is 0 Å². The largest absolute Gasteiger partial charge is 0.310 e. The Morgan fingerprint density at radius 1 is 0.367 bits per heavy atom. The van der Waals surface area contributed by atoms with Crippen molar-refractivity contribution >= 4 is 27.8 Å². The lowest BCUT2D eigenvalue weighted by Crippen LogP contribution is -2.21. The van der Waals surface area contributed by atoms with E-state index in [-0.39, 0.29) is 10.8 Å². The van der Waals surface area contributed by atoms with E-state index < -0.39 is 0 Å². The Morgan fingerprint density at radius 3 is 1.48 bits per heavy atom. The van der Waals surface area contributed by atoms with Crippen molar-refractivity contribution in [2.24, 2.45) is 0 Å². The van der Waals surface area contributed by atoms with Crippen molar-refractivity contribution in [2.75, 3.05) is 4.90 Å². The summed E-state index contributed by atoms with van der Waals surface area (Å²) in [5.41, 5.74) is 19.9. The van der Waals surface area contributed by atoms with Crippen LogP contribution in [0.25, 0.3) is 66.4 Å². The molecule has 9 aromatic carbocycles. The zero-order valence-corrected chi connectivity index (χ0v) is 35.1. The molecule has 0 spiro atoms. The molecule has 0 unspecified atom stereocenters. The highest BCUT2D eigenvalue weighted by molar-refractivity contribution is 6.06. The number of para-hydroxylation sites is 1. The third-order valence-corrected chi connectivity index (χ3v) is 12.7. The lowest BCUT2D eigenvalue weighted by atomic mass is 9.81. The summed E-state index contributed by atoms with van der Waals surface area (Å²) in [7, 11) is 0. The molecule has 1 aliphatic carbocycles. The molecule has 60 heavy (non-hydrogen) atoms. The molecule has 0 saturated carbocycles. The second kappa shape index (κ2) is 14.7. The number of hydrogen-bond acceptors (Lipinski definition) is 1. The van der Waals surface area contributed by atoms with Gasteiger partial charge in [0, 0.05) is 16.7 Å². The van der Waals surface area contributed by atoms with Crippen LogP contribution in [0.15, 0.2) is 206 Å². The molecule has 9 aromatic rings. The standard InChI is InChI=1S/C59H49N/c1-58(2,3)46-36-32-44(33-37-46)50-23-14-19-45-18-13-22-49(56(45)50)43-30-28-40(29-31-43)41-34-38-47(39-35-41)60(54-26-12-10-20-48(54)42-16-7-6-8-17-42)55-27-15-24-52-51-21-9-11-25-53(51)59(4,5)57(52)55/h6-39H,1-5H3. The van der Waals surface area contributed by atoms with Crippen molar-refractivity contribution in [3.63, 3.8) is 0 Å². The maximum Gasteiger partial charge on any atom is 0.0540 e. The fourth-order valence-corrected chi connectivity index (χ4v) is 9.56. The molecule has 290 valence electrons. The van der Waals surface area contributed by atoms with Crippen LogP contribution < -0.4 is 4.90 Å². The molecular weight excluding hydrogens is 723 g/mol. The van der Waals surface area contributed by atoms with Gasteiger partial charge in [-0.3, -0.25) is 0 Å². The SMILES string of the molecule is CC(C)(C)c1ccc(-c2cccc3cccc(-c4ccc(-c5ccc(N(c6ccccc6-c6ccccc6)c6cccc7c6C(C)(C)c6ccccc6-7)cc5)cc4)c23)cc1. The van der Waals surface area contributed by atoms with E-state index in [1.165, 1.54) is 88.8 Å². The van der Waals surface area contributed by atoms with Gasteiger partial charge in [0.05, 0.1) is 11.4 Å². The Kier molecular flexibility index (Phi) is 9.14. The van der Waals surface area contributed by atoms with E-state index in [4.69, 9.17) is 0 Å². The van der Waals surface area contributed by atoms with Gasteiger partial charge in [-0.1, -0.05) is 217 Å². The second-order valence-electron chi connectivity index (χ2n) is 17.7. The lowest BCUT2D eigenvalue weighted by Gasteiger charge is -2.33. The summed E-state index contributed by atoms with van der Waals surface area (Å²) in [6, 6.07) is 76.1. The van der Waals surface area contributed by atoms with Gasteiger partial charge in [0.1, 0.15) is 0 Å². The van der Waals surface area contributed by atoms with Gasteiger partial charge < -0.3 is 4.90 Å². The Morgan fingerprint density at radius 2 is 0.833 bits per heavy atom. The predicted octanol–water partition coefficient (Wildman–Crippen LogP) is 16.6. The number of rotatable bonds is 7. The van der Waals surface area contributed by atoms with Crippen molar-refractivity contribution in [1.82, 2.24) is 0 Å². The maximum absolute atomic E-state index is 2.48. The van der Waals surface area contributed by atoms with E-state index in [0.717, 1.165) is 11.4 Å². The smallest absolute Gasteiger partial charge is 0.0540 e. The molecule has 0 saturated heterocycles. The summed E-state index contributed by atoms with van der Waals surface area (Å²) < 4.78 is 0. The van der Waals surface area contributed by atoms with Gasteiger partial charge in [-0.15, -0.1) is 0 Å². The fraction of sp³-hybridized carbons (Fsp3) is 0.119. The van der Waals surface area contributed by atoms with E-state index >= 15 is 0 Å². The molecule has 0 aromatic heterocycles. The Hall–Kier alpha value is -6.96. The molecule has 0 aliphatic heterocycles. The molecule has 1 nitrogen and oxygen atoms in total. The minimum absolute atomic E-state index is 0.115. The summed E-state index contributed by atoms with van der Waals surface area (Å²) in [5, 5.41) is 2.54. The van der Waals surface area contributed by atoms with Crippen molar-refractivity contribution < 1.29 is 0 Å². The molecule has 0 heterocycles. The molecule has 0 radical (unpaired) electrons. The number of anilines is 3. The normalized spacial score (nSPS) is 12.9. The topological polar surface area (TPSA) is 3.24 Å². The highest BCUT2D eigenvalue weighted by atomic mass is 15.1. The third kappa shape index (κ3) is 6.42. The predicted molar refractivity (Wildman–Crippen MR) is 257 cm³/mol. The molecule has 1 heteroatoms. The van der Waals surface area contributed by atoms with Crippen LogP contribution in [-0.2, 0) is 10.8 Å². The molecule has 0 bridgehead atoms. The van der Waals surface area contributed by atoms with Gasteiger partial charge in [-0.05, 0) is 107 Å². The van der Waals surface area contributed by atoms with E-state index in [2.05, 4.69) is 246 Å². The Labute approximate surface area is 355 Å². The number of fused-ring (bicyclic) bond motifs is 4. The summed E-state index contributed by atoms with van der Waals surface area (Å²) >= 11 is 0. The van der Waals surface area contributed by atoms with Crippen LogP contribution in [0.3, 0.4) is 0 Å². The van der Waals surface area contributed by atoms with Crippen LogP contribution in [0.1, 0.15) is 51.3 Å². The average Bonchev–Trinajstić information content (AvgIpc) is 3.53. The van der Waals surface area contributed by atoms with Gasteiger partial charge in [0.25, 0.3) is 0 Å². The molecule has 0 atom stereocenters. The van der Waals surface area contributed by atoms with Crippen LogP contribution >= 0.6 is 0 Å². The molecule has 1 aliphatic rings. The van der Waals surface area contributed by atoms with E-state index in [1.54, 1.807) is 0 Å². The highest BCUT2D eigenvalue weighted by Crippen LogP contribution is 2.55. The quantitative estimate of drug-likeness (QED) is 0.156. The van der Waals surface area contributed by atoms with Gasteiger partial charge in [0.2, 0.25) is 0 Å². The molecule has 0 N–H and O–H groups in total. The Balaban J connectivity index is 1.04. The monoisotopic (exact) mass is 771 g/mol. The minimum Gasteiger partial charge on any atom is -0.310 e. The number of hydrogen-bond donors (Lipinski definition) is 0. The summed E-state index contributed by atoms with van der Waals surface area (Å²) in [4.78, 5) is 2.48. The average molecular weight is 772 g/mol. The van der Waals surface area contributed by atoms with Crippen molar-refractivity contribution in [3.05, 3.63) is 223 Å². The van der Waals surface area contributed by atoms with Crippen LogP contribution in [0.5, 0.6) is 0 Å². The zero-order valence-electron chi connectivity index (χ0n) is 35.1. The van der Waals surface area contributed by atoms with Gasteiger partial charge in [0.15, 0.2) is 0 Å². The van der Waals surface area contributed by atoms with Gasteiger partial charge in [-0.25, -0.2) is 0 Å². The first-order valence-electron chi connectivity index (χ1n) is 21.2. The van der Waals surface area contributed by atoms with Crippen molar-refractivity contribution in [3.8, 4) is 55.6 Å². The molecule has 0 amide bonds. The molecular formula is C59H49N. The lowest BCUT2D eigenvalue weighted by molar-refractivity contribution is 0.590. The first-order chi connectivity index (χ1) is 29.2. The van der Waals surface area contributed by atoms with Crippen LogP contribution in [-0.4, -0.2) is 0 Å². The van der Waals surface area contributed by atoms with Crippen LogP contribution in [0.4, 0.5) is 17.1 Å². The number of nitrogens with zero attached hydrogens (tertiary/aromatic N) is 1. The van der Waals surface area contributed by atoms with E-state index in [9.17, 15) is 0 Å². The third-order valence-electron chi connectivity index (χ3n) is 12.7. The van der Waals surface area contributed by atoms with E-state index in [0.29, 0.717) is 0 Å². The van der Waals surface area contributed by atoms with Gasteiger partial charge in [-0.2, -0.15) is 0 Å². The zero-order chi connectivity index (χ0) is 41.0. The van der Waals surface area contributed by atoms with Crippen LogP contribution in [0, 0.1) is 0 Å². The first kappa shape index (κ1) is 37.3. The fourth-order valence-electron chi connectivity index (χ4n) is 9.56. The molecule has 10 rings (SSSR count). The second-order valence-corrected chi connectivity index (χ2v) is 17.7. The van der Waals surface area contributed by atoms with Gasteiger partial charge >= 0.3 is 0 Å². The number of benzene rings is 9. The summed E-state index contributed by atoms with van der Waals surface area (Å²) in [5.74, 6) is 0. The summed E-state index contributed by atoms with van der Waals surface area (Å²) in [6.45, 7) is 11.6. The molecule has 0 fully saturated rings. The summed E-state index contributed by atoms with van der Waals surface area (Å²) in [6.07, 6.45) is 0. The highest BCUT2D eigenvalue weighted by Gasteiger charge is 2.39. The maximum atomic E-state index is 2.48. The Bertz CT molecular complexity index is 2990. The minimum atomic E-state index is -0.175.